The molecule has 0 saturated carbocycles. The van der Waals surface area contributed by atoms with Crippen LogP contribution in [-0.2, 0) is 6.42 Å². The fraction of sp³-hybridized carbons (Fsp3) is 0.125. The SMILES string of the molecule is O=C(Cc1cc(Br)cs1)c1ncn[nH]1. The maximum absolute atomic E-state index is 11.5. The molecule has 0 saturated heterocycles. The molecule has 0 aromatic carbocycles. The van der Waals surface area contributed by atoms with Crippen molar-refractivity contribution in [2.75, 3.05) is 0 Å². The molecule has 2 rings (SSSR count). The first-order valence-corrected chi connectivity index (χ1v) is 5.54. The number of ketones is 1. The van der Waals surface area contributed by atoms with Crippen LogP contribution in [-0.4, -0.2) is 21.0 Å². The van der Waals surface area contributed by atoms with Gasteiger partial charge in [0.25, 0.3) is 0 Å². The van der Waals surface area contributed by atoms with Crippen LogP contribution in [0.4, 0.5) is 0 Å². The molecule has 0 bridgehead atoms. The molecule has 0 aliphatic rings. The van der Waals surface area contributed by atoms with E-state index in [4.69, 9.17) is 0 Å². The molecule has 0 aliphatic heterocycles. The third-order valence-electron chi connectivity index (χ3n) is 1.64. The van der Waals surface area contributed by atoms with E-state index in [-0.39, 0.29) is 5.78 Å². The molecule has 0 unspecified atom stereocenters. The van der Waals surface area contributed by atoms with Gasteiger partial charge >= 0.3 is 0 Å². The van der Waals surface area contributed by atoms with Crippen molar-refractivity contribution in [3.63, 3.8) is 0 Å². The highest BCUT2D eigenvalue weighted by molar-refractivity contribution is 9.10. The zero-order valence-electron chi connectivity index (χ0n) is 7.03. The van der Waals surface area contributed by atoms with E-state index in [2.05, 4.69) is 31.1 Å². The fourth-order valence-electron chi connectivity index (χ4n) is 1.03. The van der Waals surface area contributed by atoms with Gasteiger partial charge < -0.3 is 0 Å². The molecule has 0 fully saturated rings. The normalized spacial score (nSPS) is 10.4. The van der Waals surface area contributed by atoms with E-state index in [1.165, 1.54) is 6.33 Å². The van der Waals surface area contributed by atoms with Gasteiger partial charge in [0.05, 0.1) is 0 Å². The monoisotopic (exact) mass is 271 g/mol. The van der Waals surface area contributed by atoms with Crippen molar-refractivity contribution in [1.29, 1.82) is 0 Å². The topological polar surface area (TPSA) is 58.6 Å². The molecule has 0 amide bonds. The number of carbonyl (C=O) groups is 1. The van der Waals surface area contributed by atoms with Gasteiger partial charge in [-0.1, -0.05) is 0 Å². The predicted octanol–water partition coefficient (Wildman–Crippen LogP) is 2.05. The summed E-state index contributed by atoms with van der Waals surface area (Å²) >= 11 is 4.88. The summed E-state index contributed by atoms with van der Waals surface area (Å²) in [5, 5.41) is 8.12. The number of halogens is 1. The summed E-state index contributed by atoms with van der Waals surface area (Å²) in [6.07, 6.45) is 1.70. The van der Waals surface area contributed by atoms with Crippen LogP contribution in [0, 0.1) is 0 Å². The van der Waals surface area contributed by atoms with Crippen LogP contribution in [0.3, 0.4) is 0 Å². The lowest BCUT2D eigenvalue weighted by molar-refractivity contribution is 0.0984. The molecule has 0 aliphatic carbocycles. The fourth-order valence-corrected chi connectivity index (χ4v) is 2.48. The summed E-state index contributed by atoms with van der Waals surface area (Å²) in [6, 6.07) is 1.93. The number of aromatic amines is 1. The molecule has 2 aromatic rings. The summed E-state index contributed by atoms with van der Waals surface area (Å²) in [5.41, 5.74) is 0. The Bertz CT molecular complexity index is 437. The maximum atomic E-state index is 11.5. The number of H-pyrrole nitrogens is 1. The molecule has 0 atom stereocenters. The number of rotatable bonds is 3. The first-order valence-electron chi connectivity index (χ1n) is 3.87. The molecule has 2 aromatic heterocycles. The van der Waals surface area contributed by atoms with Gasteiger partial charge in [-0.15, -0.1) is 11.3 Å². The Labute approximate surface area is 92.5 Å². The highest BCUT2D eigenvalue weighted by atomic mass is 79.9. The molecule has 1 N–H and O–H groups in total. The van der Waals surface area contributed by atoms with Crippen molar-refractivity contribution in [2.45, 2.75) is 6.42 Å². The number of hydrogen-bond donors (Lipinski definition) is 1. The minimum Gasteiger partial charge on any atom is -0.290 e. The molecule has 6 heteroatoms. The average Bonchev–Trinajstić information content (AvgIpc) is 2.75. The number of carbonyl (C=O) groups excluding carboxylic acids is 1. The van der Waals surface area contributed by atoms with Gasteiger partial charge in [-0.3, -0.25) is 9.89 Å². The number of hydrogen-bond acceptors (Lipinski definition) is 4. The van der Waals surface area contributed by atoms with Gasteiger partial charge in [-0.2, -0.15) is 5.10 Å². The smallest absolute Gasteiger partial charge is 0.204 e. The van der Waals surface area contributed by atoms with E-state index in [0.29, 0.717) is 12.2 Å². The van der Waals surface area contributed by atoms with Gasteiger partial charge in [0, 0.05) is 21.2 Å². The third kappa shape index (κ3) is 2.08. The number of thiophene rings is 1. The summed E-state index contributed by atoms with van der Waals surface area (Å²) in [5.74, 6) is 0.270. The summed E-state index contributed by atoms with van der Waals surface area (Å²) in [4.78, 5) is 16.4. The molecule has 72 valence electrons. The van der Waals surface area contributed by atoms with Crippen molar-refractivity contribution in [3.05, 3.63) is 32.9 Å². The van der Waals surface area contributed by atoms with Crippen LogP contribution in [0.5, 0.6) is 0 Å². The minimum atomic E-state index is -0.0446. The lowest BCUT2D eigenvalue weighted by atomic mass is 10.2. The Morgan fingerprint density at radius 3 is 3.07 bits per heavy atom. The summed E-state index contributed by atoms with van der Waals surface area (Å²) in [6.45, 7) is 0. The molecule has 4 nitrogen and oxygen atoms in total. The van der Waals surface area contributed by atoms with Crippen molar-refractivity contribution < 1.29 is 4.79 Å². The lowest BCUT2D eigenvalue weighted by Crippen LogP contribution is -2.04. The molecule has 0 radical (unpaired) electrons. The number of aromatic nitrogens is 3. The van der Waals surface area contributed by atoms with Crippen LogP contribution in [0.15, 0.2) is 22.2 Å². The van der Waals surface area contributed by atoms with Gasteiger partial charge in [0.1, 0.15) is 6.33 Å². The molecular formula is C8H6BrN3OS. The van der Waals surface area contributed by atoms with Gasteiger partial charge in [0.2, 0.25) is 5.78 Å². The van der Waals surface area contributed by atoms with Crippen molar-refractivity contribution in [2.24, 2.45) is 0 Å². The molecular weight excluding hydrogens is 266 g/mol. The van der Waals surface area contributed by atoms with Gasteiger partial charge in [-0.05, 0) is 22.0 Å². The standard InChI is InChI=1S/C8H6BrN3OS/c9-5-1-6(14-3-5)2-7(13)8-10-4-11-12-8/h1,3-4H,2H2,(H,10,11,12). The predicted molar refractivity (Wildman–Crippen MR) is 56.4 cm³/mol. The number of nitrogens with one attached hydrogen (secondary N) is 1. The van der Waals surface area contributed by atoms with E-state index in [9.17, 15) is 4.79 Å². The van der Waals surface area contributed by atoms with E-state index in [1.54, 1.807) is 11.3 Å². The molecule has 0 spiro atoms. The van der Waals surface area contributed by atoms with Gasteiger partial charge in [0.15, 0.2) is 5.82 Å². The number of Topliss-reactive ketones (excluding diaryl/α,β-unsaturated/α-hetero) is 1. The summed E-state index contributed by atoms with van der Waals surface area (Å²) < 4.78 is 1.00. The maximum Gasteiger partial charge on any atom is 0.204 e. The average molecular weight is 272 g/mol. The first kappa shape index (κ1) is 9.54. The lowest BCUT2D eigenvalue weighted by Gasteiger charge is -1.92. The third-order valence-corrected chi connectivity index (χ3v) is 3.33. The Kier molecular flexibility index (Phi) is 2.74. The zero-order valence-corrected chi connectivity index (χ0v) is 9.43. The molecule has 14 heavy (non-hydrogen) atoms. The first-order chi connectivity index (χ1) is 6.75. The second-order valence-electron chi connectivity index (χ2n) is 2.67. The minimum absolute atomic E-state index is 0.0446. The second-order valence-corrected chi connectivity index (χ2v) is 4.58. The van der Waals surface area contributed by atoms with E-state index in [0.717, 1.165) is 9.35 Å². The largest absolute Gasteiger partial charge is 0.290 e. The quantitative estimate of drug-likeness (QED) is 0.870. The van der Waals surface area contributed by atoms with Crippen LogP contribution in [0.25, 0.3) is 0 Å². The van der Waals surface area contributed by atoms with Crippen molar-refractivity contribution >= 4 is 33.0 Å². The Morgan fingerprint density at radius 2 is 2.50 bits per heavy atom. The molecule has 2 heterocycles. The Morgan fingerprint density at radius 1 is 1.64 bits per heavy atom. The Hall–Kier alpha value is -1.01. The van der Waals surface area contributed by atoms with Crippen molar-refractivity contribution in [1.82, 2.24) is 15.2 Å². The van der Waals surface area contributed by atoms with Crippen LogP contribution < -0.4 is 0 Å². The summed E-state index contributed by atoms with van der Waals surface area (Å²) in [7, 11) is 0. The van der Waals surface area contributed by atoms with E-state index >= 15 is 0 Å². The van der Waals surface area contributed by atoms with E-state index < -0.39 is 0 Å². The highest BCUT2D eigenvalue weighted by Crippen LogP contribution is 2.20. The van der Waals surface area contributed by atoms with Crippen molar-refractivity contribution in [3.8, 4) is 0 Å². The van der Waals surface area contributed by atoms with Gasteiger partial charge in [-0.25, -0.2) is 4.98 Å². The second kappa shape index (κ2) is 4.02. The zero-order chi connectivity index (χ0) is 9.97. The van der Waals surface area contributed by atoms with E-state index in [1.807, 2.05) is 11.4 Å². The highest BCUT2D eigenvalue weighted by Gasteiger charge is 2.10. The van der Waals surface area contributed by atoms with Crippen LogP contribution in [0.2, 0.25) is 0 Å². The van der Waals surface area contributed by atoms with Crippen LogP contribution in [0.1, 0.15) is 15.5 Å². The Balaban J connectivity index is 2.09. The number of nitrogens with zero attached hydrogens (tertiary/aromatic N) is 2. The van der Waals surface area contributed by atoms with Crippen LogP contribution >= 0.6 is 27.3 Å².